The Morgan fingerprint density at radius 3 is 2.58 bits per heavy atom. The molecular weight excluding hydrogens is 428 g/mol. The molecular formula is C25H29F2N3O3. The standard InChI is InChI=1S/C25H29F2N3O3/c1-13-6-16(14(2)29-22(31)33-23(3,4)5)20-17(7-13)19-21(32-20)18(10-28-30-19)15-8-24(9-15)11-25(26,27)12-24/h6-7,10,14-15H,8-9,11-12H2,1-5H3,(H,29,31)/t14-/m1/s1. The van der Waals surface area contributed by atoms with E-state index in [0.29, 0.717) is 16.7 Å². The minimum absolute atomic E-state index is 0.0184. The minimum atomic E-state index is -2.51. The number of alkyl carbamates (subject to hydrolysis) is 1. The van der Waals surface area contributed by atoms with Gasteiger partial charge in [0.2, 0.25) is 5.92 Å². The number of benzene rings is 1. The number of nitrogens with zero attached hydrogens (tertiary/aromatic N) is 2. The molecule has 5 rings (SSSR count). The van der Waals surface area contributed by atoms with Gasteiger partial charge < -0.3 is 14.5 Å². The highest BCUT2D eigenvalue weighted by molar-refractivity contribution is 6.04. The van der Waals surface area contributed by atoms with E-state index >= 15 is 0 Å². The van der Waals surface area contributed by atoms with Crippen molar-refractivity contribution in [2.45, 2.75) is 83.8 Å². The molecule has 2 aliphatic carbocycles. The molecule has 33 heavy (non-hydrogen) atoms. The molecule has 0 unspecified atom stereocenters. The lowest BCUT2D eigenvalue weighted by Gasteiger charge is -2.57. The number of carbonyl (C=O) groups excluding carboxylic acids is 1. The van der Waals surface area contributed by atoms with Gasteiger partial charge in [0, 0.05) is 29.4 Å². The van der Waals surface area contributed by atoms with Crippen molar-refractivity contribution < 1.29 is 22.7 Å². The van der Waals surface area contributed by atoms with Crippen LogP contribution in [-0.2, 0) is 4.74 Å². The molecule has 0 radical (unpaired) electrons. The molecule has 2 fully saturated rings. The van der Waals surface area contributed by atoms with Crippen molar-refractivity contribution in [3.05, 3.63) is 35.0 Å². The summed E-state index contributed by atoms with van der Waals surface area (Å²) in [6.07, 6.45) is 2.61. The number of aromatic nitrogens is 2. The fourth-order valence-corrected chi connectivity index (χ4v) is 5.58. The second-order valence-corrected chi connectivity index (χ2v) is 11.0. The van der Waals surface area contributed by atoms with E-state index in [9.17, 15) is 13.6 Å². The van der Waals surface area contributed by atoms with Crippen LogP contribution in [0.3, 0.4) is 0 Å². The molecule has 2 saturated carbocycles. The van der Waals surface area contributed by atoms with Gasteiger partial charge in [-0.15, -0.1) is 5.10 Å². The first kappa shape index (κ1) is 22.0. The van der Waals surface area contributed by atoms with Gasteiger partial charge in [-0.2, -0.15) is 5.10 Å². The van der Waals surface area contributed by atoms with Gasteiger partial charge in [-0.1, -0.05) is 6.07 Å². The second-order valence-electron chi connectivity index (χ2n) is 11.0. The average molecular weight is 458 g/mol. The maximum absolute atomic E-state index is 13.4. The zero-order valence-corrected chi connectivity index (χ0v) is 19.6. The van der Waals surface area contributed by atoms with Gasteiger partial charge in [-0.05, 0) is 70.4 Å². The number of carbonyl (C=O) groups is 1. The number of hydrogen-bond donors (Lipinski definition) is 1. The van der Waals surface area contributed by atoms with Crippen molar-refractivity contribution in [3.63, 3.8) is 0 Å². The molecule has 3 aromatic rings. The molecule has 2 aliphatic rings. The predicted octanol–water partition coefficient (Wildman–Crippen LogP) is 6.56. The van der Waals surface area contributed by atoms with E-state index in [2.05, 4.69) is 15.5 Å². The summed E-state index contributed by atoms with van der Waals surface area (Å²) in [5.74, 6) is -2.37. The Labute approximate surface area is 191 Å². The van der Waals surface area contributed by atoms with Crippen LogP contribution in [0.15, 0.2) is 22.7 Å². The summed E-state index contributed by atoms with van der Waals surface area (Å²) in [4.78, 5) is 12.3. The van der Waals surface area contributed by atoms with E-state index in [1.54, 1.807) is 6.20 Å². The van der Waals surface area contributed by atoms with Gasteiger partial charge in [-0.3, -0.25) is 0 Å². The number of alkyl halides is 2. The Balaban J connectivity index is 1.48. The number of fused-ring (bicyclic) bond motifs is 3. The average Bonchev–Trinajstić information content (AvgIpc) is 3.00. The molecule has 6 nitrogen and oxygen atoms in total. The molecule has 1 spiro atoms. The number of furan rings is 1. The van der Waals surface area contributed by atoms with Crippen LogP contribution in [0.5, 0.6) is 0 Å². The number of hydrogen-bond acceptors (Lipinski definition) is 5. The van der Waals surface area contributed by atoms with Crippen molar-refractivity contribution in [1.82, 2.24) is 15.5 Å². The third-order valence-corrected chi connectivity index (χ3v) is 6.82. The van der Waals surface area contributed by atoms with Gasteiger partial charge in [-0.25, -0.2) is 13.6 Å². The molecule has 1 amide bonds. The van der Waals surface area contributed by atoms with Crippen LogP contribution in [0.25, 0.3) is 22.1 Å². The molecule has 1 aromatic carbocycles. The number of nitrogens with one attached hydrogen (secondary N) is 1. The van der Waals surface area contributed by atoms with E-state index in [4.69, 9.17) is 9.15 Å². The van der Waals surface area contributed by atoms with E-state index in [-0.39, 0.29) is 30.2 Å². The van der Waals surface area contributed by atoms with Crippen molar-refractivity contribution >= 4 is 28.2 Å². The quantitative estimate of drug-likeness (QED) is 0.482. The minimum Gasteiger partial charge on any atom is -0.454 e. The normalized spacial score (nSPS) is 20.5. The fourth-order valence-electron chi connectivity index (χ4n) is 5.58. The SMILES string of the molecule is Cc1cc([C@@H](C)NC(=O)OC(C)(C)C)c2oc3c(C4CC5(C4)CC(F)(F)C5)cnnc3c2c1. The van der Waals surface area contributed by atoms with Gasteiger partial charge in [0.1, 0.15) is 16.7 Å². The van der Waals surface area contributed by atoms with Crippen LogP contribution in [0, 0.1) is 12.3 Å². The Bertz CT molecular complexity index is 1250. The monoisotopic (exact) mass is 457 g/mol. The number of rotatable bonds is 3. The highest BCUT2D eigenvalue weighted by atomic mass is 19.3. The second kappa shape index (κ2) is 7.11. The molecule has 2 heterocycles. The highest BCUT2D eigenvalue weighted by Gasteiger charge is 2.62. The topological polar surface area (TPSA) is 77.2 Å². The number of amides is 1. The highest BCUT2D eigenvalue weighted by Crippen LogP contribution is 2.67. The summed E-state index contributed by atoms with van der Waals surface area (Å²) < 4.78 is 38.6. The number of halogens is 2. The Morgan fingerprint density at radius 2 is 1.94 bits per heavy atom. The van der Waals surface area contributed by atoms with Crippen LogP contribution in [0.2, 0.25) is 0 Å². The fraction of sp³-hybridized carbons (Fsp3) is 0.560. The predicted molar refractivity (Wildman–Crippen MR) is 120 cm³/mol. The van der Waals surface area contributed by atoms with Gasteiger partial charge in [0.15, 0.2) is 5.58 Å². The summed E-state index contributed by atoms with van der Waals surface area (Å²) >= 11 is 0. The number of aryl methyl sites for hydroxylation is 1. The first-order chi connectivity index (χ1) is 15.3. The zero-order valence-electron chi connectivity index (χ0n) is 19.6. The Morgan fingerprint density at radius 1 is 1.24 bits per heavy atom. The lowest BCUT2D eigenvalue weighted by molar-refractivity contribution is -0.196. The van der Waals surface area contributed by atoms with Crippen molar-refractivity contribution in [1.29, 1.82) is 0 Å². The third-order valence-electron chi connectivity index (χ3n) is 6.82. The zero-order chi connectivity index (χ0) is 23.8. The van der Waals surface area contributed by atoms with Gasteiger partial charge >= 0.3 is 6.09 Å². The largest absolute Gasteiger partial charge is 0.454 e. The summed E-state index contributed by atoms with van der Waals surface area (Å²) in [7, 11) is 0. The molecule has 0 saturated heterocycles. The summed E-state index contributed by atoms with van der Waals surface area (Å²) in [5.41, 5.74) is 3.88. The maximum Gasteiger partial charge on any atom is 0.408 e. The van der Waals surface area contributed by atoms with E-state index in [0.717, 1.165) is 34.9 Å². The molecule has 8 heteroatoms. The van der Waals surface area contributed by atoms with E-state index in [1.807, 2.05) is 46.8 Å². The first-order valence-corrected chi connectivity index (χ1v) is 11.4. The lowest BCUT2D eigenvalue weighted by Crippen LogP contribution is -2.52. The molecule has 176 valence electrons. The molecule has 1 atom stereocenters. The van der Waals surface area contributed by atoms with E-state index < -0.39 is 17.6 Å². The molecule has 1 N–H and O–H groups in total. The van der Waals surface area contributed by atoms with Crippen LogP contribution in [-0.4, -0.2) is 27.8 Å². The Kier molecular flexibility index (Phi) is 4.75. The maximum atomic E-state index is 13.4. The van der Waals surface area contributed by atoms with Crippen LogP contribution in [0.4, 0.5) is 13.6 Å². The van der Waals surface area contributed by atoms with Crippen LogP contribution < -0.4 is 5.32 Å². The third kappa shape index (κ3) is 3.93. The van der Waals surface area contributed by atoms with Crippen molar-refractivity contribution in [2.75, 3.05) is 0 Å². The van der Waals surface area contributed by atoms with E-state index in [1.165, 1.54) is 0 Å². The molecule has 2 aromatic heterocycles. The molecule has 0 bridgehead atoms. The molecule has 0 aliphatic heterocycles. The summed E-state index contributed by atoms with van der Waals surface area (Å²) in [5, 5.41) is 12.3. The summed E-state index contributed by atoms with van der Waals surface area (Å²) in [6.45, 7) is 9.31. The summed E-state index contributed by atoms with van der Waals surface area (Å²) in [6, 6.07) is 3.62. The van der Waals surface area contributed by atoms with Gasteiger partial charge in [0.05, 0.1) is 12.2 Å². The van der Waals surface area contributed by atoms with Crippen LogP contribution >= 0.6 is 0 Å². The Hall–Kier alpha value is -2.77. The van der Waals surface area contributed by atoms with Crippen LogP contribution in [0.1, 0.15) is 82.0 Å². The van der Waals surface area contributed by atoms with Crippen molar-refractivity contribution in [2.24, 2.45) is 5.41 Å². The van der Waals surface area contributed by atoms with Gasteiger partial charge in [0.25, 0.3) is 0 Å². The van der Waals surface area contributed by atoms with Crippen molar-refractivity contribution in [3.8, 4) is 0 Å². The first-order valence-electron chi connectivity index (χ1n) is 11.4. The number of ether oxygens (including phenoxy) is 1. The lowest BCUT2D eigenvalue weighted by atomic mass is 9.49. The smallest absolute Gasteiger partial charge is 0.408 e.